The maximum Gasteiger partial charge on any atom is 0.408 e. The Bertz CT molecular complexity index is 1220. The van der Waals surface area contributed by atoms with Crippen LogP contribution >= 0.6 is 11.6 Å². The van der Waals surface area contributed by atoms with E-state index in [2.05, 4.69) is 17.6 Å². The Morgan fingerprint density at radius 1 is 0.953 bits per heavy atom. The highest BCUT2D eigenvalue weighted by molar-refractivity contribution is 6.34. The molecule has 0 aromatic heterocycles. The second-order valence-electron chi connectivity index (χ2n) is 13.0. The number of hydrogen-bond acceptors (Lipinski definition) is 4. The van der Waals surface area contributed by atoms with Crippen LogP contribution in [-0.2, 0) is 14.3 Å². The molecule has 0 aliphatic heterocycles. The molecule has 2 N–H and O–H groups in total. The molecule has 0 saturated carbocycles. The Hall–Kier alpha value is -3.06. The van der Waals surface area contributed by atoms with Crippen molar-refractivity contribution < 1.29 is 19.1 Å². The zero-order valence-electron chi connectivity index (χ0n) is 27.6. The lowest BCUT2D eigenvalue weighted by Crippen LogP contribution is -2.53. The van der Waals surface area contributed by atoms with Gasteiger partial charge in [0, 0.05) is 6.54 Å². The Morgan fingerprint density at radius 3 is 2.21 bits per heavy atom. The minimum Gasteiger partial charge on any atom is -0.444 e. The van der Waals surface area contributed by atoms with E-state index in [4.69, 9.17) is 16.3 Å². The van der Waals surface area contributed by atoms with Crippen LogP contribution in [0.5, 0.6) is 0 Å². The van der Waals surface area contributed by atoms with E-state index in [0.717, 1.165) is 54.4 Å². The number of nitrogens with one attached hydrogen (secondary N) is 2. The molecule has 2 aromatic carbocycles. The first kappa shape index (κ1) is 36.1. The summed E-state index contributed by atoms with van der Waals surface area (Å²) in [6.07, 6.45) is 4.65. The minimum absolute atomic E-state index is 0.106. The first-order chi connectivity index (χ1) is 20.1. The number of para-hydroxylation sites is 1. The van der Waals surface area contributed by atoms with Crippen molar-refractivity contribution in [1.29, 1.82) is 0 Å². The maximum atomic E-state index is 14.5. The van der Waals surface area contributed by atoms with Gasteiger partial charge < -0.3 is 20.3 Å². The van der Waals surface area contributed by atoms with Crippen LogP contribution in [0.4, 0.5) is 10.5 Å². The summed E-state index contributed by atoms with van der Waals surface area (Å²) in [7, 11) is 0. The number of rotatable bonds is 14. The fraction of sp³-hybridized carbons (Fsp3) is 0.571. The number of carbonyl (C=O) groups is 3. The van der Waals surface area contributed by atoms with Gasteiger partial charge in [0.25, 0.3) is 5.91 Å². The van der Waals surface area contributed by atoms with Gasteiger partial charge >= 0.3 is 6.09 Å². The topological polar surface area (TPSA) is 87.7 Å². The SMILES string of the molecule is CCCCCCCN(C(=O)C(CC(C)C)NC(=O)OC(C)(C)C)C(C(=O)Nc1c(C)cccc1Cl)c1ccc(C)cc1C. The molecule has 0 aliphatic rings. The van der Waals surface area contributed by atoms with Crippen LogP contribution in [0.1, 0.15) is 108 Å². The van der Waals surface area contributed by atoms with Gasteiger partial charge in [-0.2, -0.15) is 0 Å². The van der Waals surface area contributed by atoms with Gasteiger partial charge in [0.2, 0.25) is 5.91 Å². The third-order valence-corrected chi connectivity index (χ3v) is 7.55. The van der Waals surface area contributed by atoms with Gasteiger partial charge in [-0.15, -0.1) is 0 Å². The van der Waals surface area contributed by atoms with Gasteiger partial charge in [0.1, 0.15) is 17.7 Å². The smallest absolute Gasteiger partial charge is 0.408 e. The van der Waals surface area contributed by atoms with Gasteiger partial charge in [-0.05, 0) is 83.1 Å². The number of anilines is 1. The maximum absolute atomic E-state index is 14.5. The van der Waals surface area contributed by atoms with E-state index >= 15 is 0 Å². The van der Waals surface area contributed by atoms with Crippen molar-refractivity contribution >= 4 is 35.2 Å². The van der Waals surface area contributed by atoms with Crippen molar-refractivity contribution in [3.8, 4) is 0 Å². The second-order valence-corrected chi connectivity index (χ2v) is 13.4. The average molecular weight is 614 g/mol. The van der Waals surface area contributed by atoms with Gasteiger partial charge in [0.05, 0.1) is 10.7 Å². The number of halogens is 1. The summed E-state index contributed by atoms with van der Waals surface area (Å²) in [5, 5.41) is 6.29. The molecule has 0 heterocycles. The van der Waals surface area contributed by atoms with E-state index < -0.39 is 23.8 Å². The van der Waals surface area contributed by atoms with Crippen molar-refractivity contribution in [2.45, 2.75) is 119 Å². The quantitative estimate of drug-likeness (QED) is 0.209. The summed E-state index contributed by atoms with van der Waals surface area (Å²) in [6.45, 7) is 17.7. The molecule has 2 atom stereocenters. The Labute approximate surface area is 264 Å². The van der Waals surface area contributed by atoms with E-state index in [-0.39, 0.29) is 17.7 Å². The monoisotopic (exact) mass is 613 g/mol. The van der Waals surface area contributed by atoms with Crippen LogP contribution in [0.15, 0.2) is 36.4 Å². The van der Waals surface area contributed by atoms with Crippen LogP contribution in [0, 0.1) is 26.7 Å². The second kappa shape index (κ2) is 16.7. The van der Waals surface area contributed by atoms with Gasteiger partial charge in [-0.1, -0.05) is 94.0 Å². The van der Waals surface area contributed by atoms with E-state index in [1.54, 1.807) is 31.7 Å². The molecular formula is C35H52ClN3O4. The first-order valence-electron chi connectivity index (χ1n) is 15.6. The first-order valence-corrected chi connectivity index (χ1v) is 16.0. The zero-order chi connectivity index (χ0) is 32.3. The van der Waals surface area contributed by atoms with E-state index in [1.165, 1.54) is 0 Å². The molecule has 7 nitrogen and oxygen atoms in total. The third-order valence-electron chi connectivity index (χ3n) is 7.23. The number of carbonyl (C=O) groups excluding carboxylic acids is 3. The van der Waals surface area contributed by atoms with Gasteiger partial charge in [0.15, 0.2) is 0 Å². The van der Waals surface area contributed by atoms with E-state index in [1.807, 2.05) is 65.0 Å². The van der Waals surface area contributed by atoms with Crippen LogP contribution in [-0.4, -0.2) is 41.0 Å². The molecule has 0 fully saturated rings. The molecule has 8 heteroatoms. The van der Waals surface area contributed by atoms with Crippen molar-refractivity contribution in [3.63, 3.8) is 0 Å². The number of hydrogen-bond donors (Lipinski definition) is 2. The minimum atomic E-state index is -0.940. The molecule has 0 spiro atoms. The Balaban J connectivity index is 2.62. The Kier molecular flexibility index (Phi) is 14.0. The average Bonchev–Trinajstić information content (AvgIpc) is 2.88. The standard InChI is InChI=1S/C35H52ClN3O4/c1-10-11-12-13-14-20-39(33(41)29(21-23(2)3)37-34(42)43-35(7,8)9)31(27-19-18-24(4)22-26(27)6)32(40)38-30-25(5)16-15-17-28(30)36/h15-19,22-23,29,31H,10-14,20-21H2,1-9H3,(H,37,42)(H,38,40). The molecule has 0 saturated heterocycles. The van der Waals surface area contributed by atoms with Gasteiger partial charge in [-0.25, -0.2) is 4.79 Å². The highest BCUT2D eigenvalue weighted by Crippen LogP contribution is 2.31. The molecule has 43 heavy (non-hydrogen) atoms. The highest BCUT2D eigenvalue weighted by atomic mass is 35.5. The fourth-order valence-electron chi connectivity index (χ4n) is 5.16. The molecule has 2 unspecified atom stereocenters. The number of amides is 3. The summed E-state index contributed by atoms with van der Waals surface area (Å²) in [5.74, 6) is -0.564. The number of alkyl carbamates (subject to hydrolysis) is 1. The van der Waals surface area contributed by atoms with Crippen molar-refractivity contribution in [1.82, 2.24) is 10.2 Å². The number of nitrogens with zero attached hydrogens (tertiary/aromatic N) is 1. The number of benzene rings is 2. The molecule has 0 bridgehead atoms. The molecule has 0 aliphatic carbocycles. The zero-order valence-corrected chi connectivity index (χ0v) is 28.4. The molecule has 2 aromatic rings. The highest BCUT2D eigenvalue weighted by Gasteiger charge is 2.37. The lowest BCUT2D eigenvalue weighted by Gasteiger charge is -2.36. The number of ether oxygens (including phenoxy) is 1. The van der Waals surface area contributed by atoms with Crippen LogP contribution < -0.4 is 10.6 Å². The van der Waals surface area contributed by atoms with Crippen molar-refractivity contribution in [2.75, 3.05) is 11.9 Å². The fourth-order valence-corrected chi connectivity index (χ4v) is 5.43. The molecule has 0 radical (unpaired) electrons. The summed E-state index contributed by atoms with van der Waals surface area (Å²) in [4.78, 5) is 43.4. The molecular weight excluding hydrogens is 562 g/mol. The lowest BCUT2D eigenvalue weighted by molar-refractivity contribution is -0.141. The van der Waals surface area contributed by atoms with E-state index in [9.17, 15) is 14.4 Å². The molecule has 238 valence electrons. The van der Waals surface area contributed by atoms with Crippen LogP contribution in [0.3, 0.4) is 0 Å². The third kappa shape index (κ3) is 11.5. The molecule has 3 amide bonds. The van der Waals surface area contributed by atoms with Crippen LogP contribution in [0.25, 0.3) is 0 Å². The van der Waals surface area contributed by atoms with E-state index in [0.29, 0.717) is 23.7 Å². The predicted molar refractivity (Wildman–Crippen MR) is 177 cm³/mol. The van der Waals surface area contributed by atoms with Crippen molar-refractivity contribution in [3.05, 3.63) is 63.7 Å². The van der Waals surface area contributed by atoms with Crippen molar-refractivity contribution in [2.24, 2.45) is 5.92 Å². The van der Waals surface area contributed by atoms with Gasteiger partial charge in [-0.3, -0.25) is 9.59 Å². The number of aryl methyl sites for hydroxylation is 3. The largest absolute Gasteiger partial charge is 0.444 e. The van der Waals surface area contributed by atoms with Crippen LogP contribution in [0.2, 0.25) is 5.02 Å². The normalized spacial score (nSPS) is 12.9. The number of unbranched alkanes of at least 4 members (excludes halogenated alkanes) is 4. The summed E-state index contributed by atoms with van der Waals surface area (Å²) in [5.41, 5.74) is 3.31. The summed E-state index contributed by atoms with van der Waals surface area (Å²) < 4.78 is 5.52. The lowest BCUT2D eigenvalue weighted by atomic mass is 9.95. The predicted octanol–water partition coefficient (Wildman–Crippen LogP) is 8.68. The Morgan fingerprint density at radius 2 is 1.63 bits per heavy atom. The summed E-state index contributed by atoms with van der Waals surface area (Å²) in [6, 6.07) is 9.54. The summed E-state index contributed by atoms with van der Waals surface area (Å²) >= 11 is 6.51. The molecule has 2 rings (SSSR count).